The molecule has 1 N–H and O–H groups in total. The van der Waals surface area contributed by atoms with E-state index in [-0.39, 0.29) is 16.4 Å². The van der Waals surface area contributed by atoms with Crippen LogP contribution in [0.4, 0.5) is 13.2 Å². The number of halogens is 4. The summed E-state index contributed by atoms with van der Waals surface area (Å²) >= 11 is 5.66. The van der Waals surface area contributed by atoms with Crippen molar-refractivity contribution in [1.82, 2.24) is 20.2 Å². The quantitative estimate of drug-likeness (QED) is 0.443. The summed E-state index contributed by atoms with van der Waals surface area (Å²) in [5.74, 6) is 1.76. The highest BCUT2D eigenvalue weighted by Gasteiger charge is 2.33. The van der Waals surface area contributed by atoms with Gasteiger partial charge in [-0.15, -0.1) is 0 Å². The molecule has 0 atom stereocenters. The predicted octanol–water partition coefficient (Wildman–Crippen LogP) is 6.00. The van der Waals surface area contributed by atoms with Gasteiger partial charge in [-0.2, -0.15) is 18.3 Å². The fourth-order valence-electron chi connectivity index (χ4n) is 2.63. The maximum absolute atomic E-state index is 13.1. The summed E-state index contributed by atoms with van der Waals surface area (Å²) < 4.78 is 44.9. The number of alkyl halides is 3. The number of hydrogen-bond acceptors (Lipinski definition) is 4. The summed E-state index contributed by atoms with van der Waals surface area (Å²) in [7, 11) is 0. The van der Waals surface area contributed by atoms with Gasteiger partial charge < -0.3 is 4.74 Å². The van der Waals surface area contributed by atoms with Crippen LogP contribution in [0, 0.1) is 0 Å². The lowest BCUT2D eigenvalue weighted by Gasteiger charge is -2.09. The molecule has 146 valence electrons. The Hall–Kier alpha value is -3.39. The first kappa shape index (κ1) is 18.9. The smallest absolute Gasteiger partial charge is 0.417 e. The van der Waals surface area contributed by atoms with E-state index in [0.717, 1.165) is 6.07 Å². The van der Waals surface area contributed by atoms with Crippen LogP contribution in [0.2, 0.25) is 5.02 Å². The second kappa shape index (κ2) is 7.56. The summed E-state index contributed by atoms with van der Waals surface area (Å²) in [6.07, 6.45) is -1.32. The second-order valence-electron chi connectivity index (χ2n) is 6.02. The van der Waals surface area contributed by atoms with E-state index < -0.39 is 11.7 Å². The van der Waals surface area contributed by atoms with Gasteiger partial charge in [0.1, 0.15) is 11.5 Å². The van der Waals surface area contributed by atoms with E-state index in [0.29, 0.717) is 22.9 Å². The molecule has 0 unspecified atom stereocenters. The number of benzene rings is 2. The average Bonchev–Trinajstić information content (AvgIpc) is 3.19. The number of ether oxygens (including phenoxy) is 1. The molecule has 4 aromatic rings. The molecular formula is C20H12ClF3N4O. The summed E-state index contributed by atoms with van der Waals surface area (Å²) in [6, 6.07) is 14.1. The number of pyridine rings is 1. The highest BCUT2D eigenvalue weighted by atomic mass is 35.5. The van der Waals surface area contributed by atoms with Crippen LogP contribution in [0.3, 0.4) is 0 Å². The Morgan fingerprint density at radius 1 is 0.931 bits per heavy atom. The molecule has 0 fully saturated rings. The van der Waals surface area contributed by atoms with E-state index in [4.69, 9.17) is 16.3 Å². The fraction of sp³-hybridized carbons (Fsp3) is 0.0500. The molecule has 0 aliphatic carbocycles. The highest BCUT2D eigenvalue weighted by Crippen LogP contribution is 2.37. The van der Waals surface area contributed by atoms with Crippen molar-refractivity contribution >= 4 is 11.6 Å². The molecule has 0 saturated carbocycles. The summed E-state index contributed by atoms with van der Waals surface area (Å²) in [5, 5.41) is 6.38. The van der Waals surface area contributed by atoms with Gasteiger partial charge in [0, 0.05) is 17.3 Å². The van der Waals surface area contributed by atoms with Gasteiger partial charge in [0.05, 0.1) is 16.8 Å². The van der Waals surface area contributed by atoms with E-state index in [9.17, 15) is 13.2 Å². The van der Waals surface area contributed by atoms with Gasteiger partial charge in [-0.05, 0) is 54.6 Å². The minimum absolute atomic E-state index is 0.137. The van der Waals surface area contributed by atoms with Gasteiger partial charge in [0.15, 0.2) is 11.6 Å². The summed E-state index contributed by atoms with van der Waals surface area (Å²) in [6.45, 7) is 0. The number of aromatic nitrogens is 4. The molecule has 2 aromatic heterocycles. The standard InChI is InChI=1S/C20H12ClF3N4O/c21-17-8-5-13(10-16(17)20(22,23)24)19-26-18(27-28-19)12-3-6-14(7-4-12)29-15-2-1-9-25-11-15/h1-11H,(H,26,27,28). The van der Waals surface area contributed by atoms with Crippen molar-refractivity contribution in [3.63, 3.8) is 0 Å². The van der Waals surface area contributed by atoms with E-state index in [1.54, 1.807) is 48.8 Å². The highest BCUT2D eigenvalue weighted by molar-refractivity contribution is 6.31. The van der Waals surface area contributed by atoms with E-state index in [1.807, 2.05) is 0 Å². The van der Waals surface area contributed by atoms with Crippen molar-refractivity contribution in [2.75, 3.05) is 0 Å². The van der Waals surface area contributed by atoms with Crippen molar-refractivity contribution in [3.8, 4) is 34.3 Å². The monoisotopic (exact) mass is 416 g/mol. The third-order valence-electron chi connectivity index (χ3n) is 4.01. The lowest BCUT2D eigenvalue weighted by atomic mass is 10.1. The van der Waals surface area contributed by atoms with Gasteiger partial charge in [0.25, 0.3) is 0 Å². The number of rotatable bonds is 4. The fourth-order valence-corrected chi connectivity index (χ4v) is 2.85. The summed E-state index contributed by atoms with van der Waals surface area (Å²) in [4.78, 5) is 8.27. The largest absolute Gasteiger partial charge is 0.456 e. The average molecular weight is 417 g/mol. The topological polar surface area (TPSA) is 63.7 Å². The Labute approximate surface area is 168 Å². The number of nitrogens with zero attached hydrogens (tertiary/aromatic N) is 3. The molecule has 2 aromatic carbocycles. The second-order valence-corrected chi connectivity index (χ2v) is 6.42. The zero-order valence-electron chi connectivity index (χ0n) is 14.6. The zero-order chi connectivity index (χ0) is 20.4. The van der Waals surface area contributed by atoms with Crippen LogP contribution in [0.25, 0.3) is 22.8 Å². The van der Waals surface area contributed by atoms with Crippen LogP contribution in [0.5, 0.6) is 11.5 Å². The van der Waals surface area contributed by atoms with Crippen molar-refractivity contribution < 1.29 is 17.9 Å². The first-order valence-corrected chi connectivity index (χ1v) is 8.76. The number of hydrogen-bond donors (Lipinski definition) is 1. The number of aromatic amines is 1. The van der Waals surface area contributed by atoms with Crippen LogP contribution in [0.15, 0.2) is 67.0 Å². The van der Waals surface area contributed by atoms with Gasteiger partial charge in [-0.25, -0.2) is 4.98 Å². The van der Waals surface area contributed by atoms with Gasteiger partial charge in [-0.1, -0.05) is 11.6 Å². The van der Waals surface area contributed by atoms with Crippen molar-refractivity contribution in [2.45, 2.75) is 6.18 Å². The van der Waals surface area contributed by atoms with Crippen LogP contribution in [-0.4, -0.2) is 20.2 Å². The van der Waals surface area contributed by atoms with E-state index >= 15 is 0 Å². The maximum atomic E-state index is 13.1. The Balaban J connectivity index is 1.56. The maximum Gasteiger partial charge on any atom is 0.417 e. The normalized spacial score (nSPS) is 11.4. The molecule has 0 saturated heterocycles. The molecule has 0 bridgehead atoms. The molecule has 5 nitrogen and oxygen atoms in total. The lowest BCUT2D eigenvalue weighted by molar-refractivity contribution is -0.137. The van der Waals surface area contributed by atoms with Gasteiger partial charge >= 0.3 is 6.18 Å². The van der Waals surface area contributed by atoms with Gasteiger partial charge in [0.2, 0.25) is 0 Å². The third-order valence-corrected chi connectivity index (χ3v) is 4.34. The van der Waals surface area contributed by atoms with Crippen LogP contribution >= 0.6 is 11.6 Å². The molecule has 0 aliphatic heterocycles. The third kappa shape index (κ3) is 4.22. The molecule has 0 amide bonds. The van der Waals surface area contributed by atoms with Crippen molar-refractivity contribution in [3.05, 3.63) is 77.6 Å². The minimum atomic E-state index is -4.56. The van der Waals surface area contributed by atoms with Crippen LogP contribution < -0.4 is 4.74 Å². The molecule has 0 spiro atoms. The molecule has 29 heavy (non-hydrogen) atoms. The Bertz CT molecular complexity index is 1130. The van der Waals surface area contributed by atoms with Crippen molar-refractivity contribution in [2.24, 2.45) is 0 Å². The molecule has 9 heteroatoms. The molecule has 2 heterocycles. The predicted molar refractivity (Wildman–Crippen MR) is 102 cm³/mol. The lowest BCUT2D eigenvalue weighted by Crippen LogP contribution is -2.06. The van der Waals surface area contributed by atoms with Gasteiger partial charge in [-0.3, -0.25) is 10.1 Å². The zero-order valence-corrected chi connectivity index (χ0v) is 15.4. The van der Waals surface area contributed by atoms with Crippen LogP contribution in [0.1, 0.15) is 5.56 Å². The SMILES string of the molecule is FC(F)(F)c1cc(-c2n[nH]c(-c3ccc(Oc4cccnc4)cc3)n2)ccc1Cl. The molecule has 4 rings (SSSR count). The molecule has 0 aliphatic rings. The molecular weight excluding hydrogens is 405 g/mol. The van der Waals surface area contributed by atoms with Crippen LogP contribution in [-0.2, 0) is 6.18 Å². The molecule has 0 radical (unpaired) electrons. The Kier molecular flexibility index (Phi) is 4.94. The number of nitrogens with one attached hydrogen (secondary N) is 1. The van der Waals surface area contributed by atoms with Crippen molar-refractivity contribution in [1.29, 1.82) is 0 Å². The Morgan fingerprint density at radius 2 is 1.69 bits per heavy atom. The van der Waals surface area contributed by atoms with E-state index in [2.05, 4.69) is 20.2 Å². The summed E-state index contributed by atoms with van der Waals surface area (Å²) in [5.41, 5.74) is -0.0204. The minimum Gasteiger partial charge on any atom is -0.456 e. The first-order valence-electron chi connectivity index (χ1n) is 8.38. The van der Waals surface area contributed by atoms with E-state index in [1.165, 1.54) is 12.1 Å². The Morgan fingerprint density at radius 3 is 2.38 bits per heavy atom. The number of H-pyrrole nitrogens is 1. The first-order chi connectivity index (χ1) is 13.9.